The Kier molecular flexibility index (Phi) is 5.09. The minimum absolute atomic E-state index is 0.113. The fourth-order valence-electron chi connectivity index (χ4n) is 3.39. The van der Waals surface area contributed by atoms with Gasteiger partial charge in [-0.05, 0) is 12.5 Å². The molecule has 0 amide bonds. The van der Waals surface area contributed by atoms with Crippen molar-refractivity contribution in [3.8, 4) is 11.4 Å². The lowest BCUT2D eigenvalue weighted by atomic mass is 10.1. The number of rotatable bonds is 5. The summed E-state index contributed by atoms with van der Waals surface area (Å²) in [6, 6.07) is 20.3. The molecule has 0 N–H and O–H groups in total. The van der Waals surface area contributed by atoms with Crippen LogP contribution in [0.3, 0.4) is 0 Å². The van der Waals surface area contributed by atoms with E-state index in [-0.39, 0.29) is 12.2 Å². The van der Waals surface area contributed by atoms with Crippen LogP contribution in [0.1, 0.15) is 24.5 Å². The van der Waals surface area contributed by atoms with Crippen molar-refractivity contribution in [1.82, 2.24) is 15.0 Å². The third-order valence-electron chi connectivity index (χ3n) is 4.65. The summed E-state index contributed by atoms with van der Waals surface area (Å²) in [4.78, 5) is 6.94. The van der Waals surface area contributed by atoms with Gasteiger partial charge in [-0.25, -0.2) is 0 Å². The van der Waals surface area contributed by atoms with Gasteiger partial charge in [-0.15, -0.1) is 0 Å². The van der Waals surface area contributed by atoms with E-state index in [1.807, 2.05) is 36.4 Å². The van der Waals surface area contributed by atoms with Crippen LogP contribution in [0.4, 0.5) is 0 Å². The van der Waals surface area contributed by atoms with Gasteiger partial charge >= 0.3 is 0 Å². The zero-order chi connectivity index (χ0) is 17.8. The fourth-order valence-corrected chi connectivity index (χ4v) is 3.39. The Balaban J connectivity index is 1.38. The van der Waals surface area contributed by atoms with Crippen LogP contribution in [0, 0.1) is 0 Å². The van der Waals surface area contributed by atoms with Crippen LogP contribution in [0.15, 0.2) is 65.2 Å². The maximum atomic E-state index is 6.12. The molecule has 2 unspecified atom stereocenters. The normalized spacial score (nSPS) is 21.0. The first-order valence-corrected chi connectivity index (χ1v) is 9.09. The topological polar surface area (TPSA) is 51.4 Å². The van der Waals surface area contributed by atoms with Gasteiger partial charge in [0.25, 0.3) is 0 Å². The lowest BCUT2D eigenvalue weighted by Crippen LogP contribution is -2.43. The molecule has 1 aromatic heterocycles. The molecule has 1 aliphatic rings. The van der Waals surface area contributed by atoms with Crippen LogP contribution in [0.5, 0.6) is 0 Å². The molecule has 5 heteroatoms. The second-order valence-corrected chi connectivity index (χ2v) is 6.73. The summed E-state index contributed by atoms with van der Waals surface area (Å²) in [6.07, 6.45) is 1.06. The number of hydrogen-bond acceptors (Lipinski definition) is 5. The van der Waals surface area contributed by atoms with E-state index in [4.69, 9.17) is 9.26 Å². The van der Waals surface area contributed by atoms with E-state index >= 15 is 0 Å². The van der Waals surface area contributed by atoms with Crippen LogP contribution >= 0.6 is 0 Å². The van der Waals surface area contributed by atoms with E-state index in [1.165, 1.54) is 5.56 Å². The molecule has 3 aromatic rings. The smallest absolute Gasteiger partial charge is 0.228 e. The Morgan fingerprint density at radius 1 is 1.00 bits per heavy atom. The van der Waals surface area contributed by atoms with Crippen LogP contribution in [-0.4, -0.2) is 40.8 Å². The van der Waals surface area contributed by atoms with Gasteiger partial charge in [0, 0.05) is 31.6 Å². The van der Waals surface area contributed by atoms with Crippen molar-refractivity contribution in [3.63, 3.8) is 0 Å². The monoisotopic (exact) mass is 349 g/mol. The molecule has 4 rings (SSSR count). The van der Waals surface area contributed by atoms with E-state index in [0.717, 1.165) is 31.6 Å². The molecule has 1 fully saturated rings. The quantitative estimate of drug-likeness (QED) is 0.702. The fraction of sp³-hybridized carbons (Fsp3) is 0.333. The Hall–Kier alpha value is -2.50. The first-order chi connectivity index (χ1) is 12.8. The summed E-state index contributed by atoms with van der Waals surface area (Å²) in [5.74, 6) is 1.33. The molecule has 0 bridgehead atoms. The van der Waals surface area contributed by atoms with Gasteiger partial charge in [0.15, 0.2) is 0 Å². The molecule has 2 aromatic carbocycles. The number of nitrogens with zero attached hydrogens (tertiary/aromatic N) is 3. The van der Waals surface area contributed by atoms with Crippen molar-refractivity contribution in [2.24, 2.45) is 0 Å². The van der Waals surface area contributed by atoms with Gasteiger partial charge in [-0.3, -0.25) is 4.90 Å². The molecular weight excluding hydrogens is 326 g/mol. The standard InChI is InChI=1S/C21H23N3O2/c1-16-14-24(15-19(25-16)17-8-4-2-5-9-17)13-12-20-22-21(23-26-20)18-10-6-3-7-11-18/h2-11,16,19H,12-15H2,1H3. The zero-order valence-corrected chi connectivity index (χ0v) is 14.9. The molecule has 0 aliphatic carbocycles. The largest absolute Gasteiger partial charge is 0.368 e. The Morgan fingerprint density at radius 2 is 1.73 bits per heavy atom. The molecule has 0 radical (unpaired) electrons. The average molecular weight is 349 g/mol. The predicted octanol–water partition coefficient (Wildman–Crippen LogP) is 3.74. The van der Waals surface area contributed by atoms with Gasteiger partial charge in [0.2, 0.25) is 11.7 Å². The van der Waals surface area contributed by atoms with Crippen LogP contribution in [0.2, 0.25) is 0 Å². The first-order valence-electron chi connectivity index (χ1n) is 9.09. The highest BCUT2D eigenvalue weighted by atomic mass is 16.5. The third-order valence-corrected chi connectivity index (χ3v) is 4.65. The van der Waals surface area contributed by atoms with Crippen molar-refractivity contribution in [2.45, 2.75) is 25.6 Å². The molecule has 1 aliphatic heterocycles. The number of benzene rings is 2. The lowest BCUT2D eigenvalue weighted by Gasteiger charge is -2.36. The highest BCUT2D eigenvalue weighted by molar-refractivity contribution is 5.53. The highest BCUT2D eigenvalue weighted by Gasteiger charge is 2.26. The van der Waals surface area contributed by atoms with Gasteiger partial charge in [0.05, 0.1) is 12.2 Å². The molecule has 0 saturated carbocycles. The van der Waals surface area contributed by atoms with Crippen LogP contribution < -0.4 is 0 Å². The molecule has 0 spiro atoms. The Bertz CT molecular complexity index is 820. The summed E-state index contributed by atoms with van der Waals surface area (Å²) >= 11 is 0. The zero-order valence-electron chi connectivity index (χ0n) is 14.9. The van der Waals surface area contributed by atoms with Gasteiger partial charge in [-0.2, -0.15) is 4.98 Å². The van der Waals surface area contributed by atoms with Gasteiger partial charge in [0.1, 0.15) is 0 Å². The number of ether oxygens (including phenoxy) is 1. The van der Waals surface area contributed by atoms with Crippen molar-refractivity contribution in [2.75, 3.05) is 19.6 Å². The van der Waals surface area contributed by atoms with E-state index in [9.17, 15) is 0 Å². The second-order valence-electron chi connectivity index (χ2n) is 6.73. The molecule has 2 atom stereocenters. The molecule has 134 valence electrons. The van der Waals surface area contributed by atoms with E-state index in [1.54, 1.807) is 0 Å². The number of aromatic nitrogens is 2. The highest BCUT2D eigenvalue weighted by Crippen LogP contribution is 2.25. The van der Waals surface area contributed by atoms with Crippen molar-refractivity contribution in [1.29, 1.82) is 0 Å². The average Bonchev–Trinajstić information content (AvgIpc) is 3.16. The van der Waals surface area contributed by atoms with Gasteiger partial charge in [-0.1, -0.05) is 65.8 Å². The van der Waals surface area contributed by atoms with E-state index in [0.29, 0.717) is 11.7 Å². The van der Waals surface area contributed by atoms with Gasteiger partial charge < -0.3 is 9.26 Å². The maximum absolute atomic E-state index is 6.12. The number of hydrogen-bond donors (Lipinski definition) is 0. The Morgan fingerprint density at radius 3 is 2.50 bits per heavy atom. The van der Waals surface area contributed by atoms with Crippen molar-refractivity contribution < 1.29 is 9.26 Å². The summed E-state index contributed by atoms with van der Waals surface area (Å²) in [6.45, 7) is 4.81. The minimum Gasteiger partial charge on any atom is -0.368 e. The van der Waals surface area contributed by atoms with E-state index in [2.05, 4.69) is 46.2 Å². The molecule has 2 heterocycles. The molecule has 5 nitrogen and oxygen atoms in total. The third kappa shape index (κ3) is 4.00. The van der Waals surface area contributed by atoms with Crippen LogP contribution in [-0.2, 0) is 11.2 Å². The summed E-state index contributed by atoms with van der Waals surface area (Å²) < 4.78 is 11.6. The SMILES string of the molecule is CC1CN(CCc2nc(-c3ccccc3)no2)CC(c2ccccc2)O1. The number of morpholine rings is 1. The Labute approximate surface area is 153 Å². The van der Waals surface area contributed by atoms with Crippen molar-refractivity contribution >= 4 is 0 Å². The summed E-state index contributed by atoms with van der Waals surface area (Å²) in [7, 11) is 0. The minimum atomic E-state index is 0.113. The molecule has 26 heavy (non-hydrogen) atoms. The van der Waals surface area contributed by atoms with Crippen LogP contribution in [0.25, 0.3) is 11.4 Å². The molecular formula is C21H23N3O2. The van der Waals surface area contributed by atoms with E-state index < -0.39 is 0 Å². The summed E-state index contributed by atoms with van der Waals surface area (Å²) in [5, 5.41) is 4.10. The van der Waals surface area contributed by atoms with Crippen molar-refractivity contribution in [3.05, 3.63) is 72.1 Å². The predicted molar refractivity (Wildman–Crippen MR) is 99.6 cm³/mol. The second kappa shape index (κ2) is 7.81. The molecule has 1 saturated heterocycles. The first kappa shape index (κ1) is 16.9. The maximum Gasteiger partial charge on any atom is 0.228 e. The lowest BCUT2D eigenvalue weighted by molar-refractivity contribution is -0.0788. The summed E-state index contributed by atoms with van der Waals surface area (Å²) in [5.41, 5.74) is 2.21.